The van der Waals surface area contributed by atoms with Crippen LogP contribution in [-0.4, -0.2) is 40.3 Å². The monoisotopic (exact) mass is 225 g/mol. The molecule has 2 rings (SSSR count). The first-order valence-electron chi connectivity index (χ1n) is 4.81. The molecule has 0 spiro atoms. The highest BCUT2D eigenvalue weighted by Gasteiger charge is 2.50. The van der Waals surface area contributed by atoms with Gasteiger partial charge in [-0.05, 0) is 0 Å². The van der Waals surface area contributed by atoms with Gasteiger partial charge in [-0.1, -0.05) is 13.8 Å². The van der Waals surface area contributed by atoms with Crippen molar-refractivity contribution in [1.82, 2.24) is 15.3 Å². The number of hydrogen-bond donors (Lipinski definition) is 1. The molecule has 2 heterocycles. The summed E-state index contributed by atoms with van der Waals surface area (Å²) < 4.78 is 0. The van der Waals surface area contributed by atoms with Crippen LogP contribution < -0.4 is 5.32 Å². The van der Waals surface area contributed by atoms with Crippen molar-refractivity contribution in [3.05, 3.63) is 0 Å². The van der Waals surface area contributed by atoms with Gasteiger partial charge in [-0.15, -0.1) is 0 Å². The number of rotatable bonds is 1. The maximum Gasteiger partial charge on any atom is 0.343 e. The maximum atomic E-state index is 11.8. The molecular weight excluding hydrogens is 214 g/mol. The van der Waals surface area contributed by atoms with Gasteiger partial charge in [0.25, 0.3) is 5.91 Å². The van der Waals surface area contributed by atoms with Gasteiger partial charge in [0.05, 0.1) is 5.41 Å². The van der Waals surface area contributed by atoms with E-state index >= 15 is 0 Å². The van der Waals surface area contributed by atoms with Crippen molar-refractivity contribution in [3.63, 3.8) is 0 Å². The normalized spacial score (nSPS) is 24.4. The smallest absolute Gasteiger partial charge is 0.275 e. The van der Waals surface area contributed by atoms with Crippen molar-refractivity contribution in [2.75, 3.05) is 6.54 Å². The third-order valence-corrected chi connectivity index (χ3v) is 2.62. The molecule has 2 saturated heterocycles. The summed E-state index contributed by atoms with van der Waals surface area (Å²) in [7, 11) is 0. The van der Waals surface area contributed by atoms with Crippen molar-refractivity contribution in [3.8, 4) is 0 Å². The molecular formula is C9H11N3O4. The van der Waals surface area contributed by atoms with Gasteiger partial charge in [-0.3, -0.25) is 19.7 Å². The van der Waals surface area contributed by atoms with Crippen LogP contribution in [0.15, 0.2) is 0 Å². The molecule has 7 heteroatoms. The average molecular weight is 225 g/mol. The third-order valence-electron chi connectivity index (χ3n) is 2.62. The highest BCUT2D eigenvalue weighted by molar-refractivity contribution is 6.09. The van der Waals surface area contributed by atoms with Gasteiger partial charge in [0, 0.05) is 6.42 Å². The number of hydrazine groups is 1. The summed E-state index contributed by atoms with van der Waals surface area (Å²) >= 11 is 0. The molecule has 5 amide bonds. The molecule has 0 atom stereocenters. The standard InChI is InChI=1S/C9H11N3O4/c1-9(2)3-6(14)12(7(9)15)11-4-5(13)10-8(11)16/h3-4H2,1-2H3,(H,10,13,16). The summed E-state index contributed by atoms with van der Waals surface area (Å²) in [5.41, 5.74) is -0.816. The molecule has 0 aromatic rings. The van der Waals surface area contributed by atoms with E-state index in [9.17, 15) is 19.2 Å². The second-order valence-corrected chi connectivity index (χ2v) is 4.48. The second-order valence-electron chi connectivity index (χ2n) is 4.48. The largest absolute Gasteiger partial charge is 0.343 e. The van der Waals surface area contributed by atoms with E-state index in [1.807, 2.05) is 5.32 Å². The highest BCUT2D eigenvalue weighted by Crippen LogP contribution is 2.32. The van der Waals surface area contributed by atoms with Gasteiger partial charge >= 0.3 is 6.03 Å². The first-order chi connectivity index (χ1) is 7.33. The van der Waals surface area contributed by atoms with Gasteiger partial charge in [-0.25, -0.2) is 9.80 Å². The molecule has 0 aliphatic carbocycles. The van der Waals surface area contributed by atoms with Crippen molar-refractivity contribution >= 4 is 23.8 Å². The fourth-order valence-electron chi connectivity index (χ4n) is 1.77. The Labute approximate surface area is 91.3 Å². The minimum absolute atomic E-state index is 0.0454. The summed E-state index contributed by atoms with van der Waals surface area (Å²) in [5.74, 6) is -1.43. The molecule has 2 aliphatic heterocycles. The number of nitrogens with zero attached hydrogens (tertiary/aromatic N) is 2. The third kappa shape index (κ3) is 1.36. The Morgan fingerprint density at radius 2 is 1.81 bits per heavy atom. The molecule has 0 aromatic carbocycles. The summed E-state index contributed by atoms with van der Waals surface area (Å²) in [6, 6.07) is -0.732. The van der Waals surface area contributed by atoms with Gasteiger partial charge < -0.3 is 0 Å². The number of hydrogen-bond acceptors (Lipinski definition) is 4. The van der Waals surface area contributed by atoms with Gasteiger partial charge in [-0.2, -0.15) is 5.01 Å². The van der Waals surface area contributed by atoms with Crippen LogP contribution in [0.1, 0.15) is 20.3 Å². The lowest BCUT2D eigenvalue weighted by Gasteiger charge is -2.24. The van der Waals surface area contributed by atoms with E-state index in [0.29, 0.717) is 0 Å². The minimum Gasteiger partial charge on any atom is -0.275 e. The molecule has 0 aromatic heterocycles. The molecule has 0 saturated carbocycles. The van der Waals surface area contributed by atoms with Crippen LogP contribution in [0.25, 0.3) is 0 Å². The minimum atomic E-state index is -0.816. The van der Waals surface area contributed by atoms with Crippen LogP contribution in [0.2, 0.25) is 0 Å². The van der Waals surface area contributed by atoms with Crippen LogP contribution in [-0.2, 0) is 14.4 Å². The first-order valence-corrected chi connectivity index (χ1v) is 4.81. The van der Waals surface area contributed by atoms with Crippen LogP contribution in [0.5, 0.6) is 0 Å². The predicted molar refractivity (Wildman–Crippen MR) is 50.5 cm³/mol. The number of carbonyl (C=O) groups is 4. The van der Waals surface area contributed by atoms with E-state index in [0.717, 1.165) is 10.0 Å². The van der Waals surface area contributed by atoms with Crippen molar-refractivity contribution < 1.29 is 19.2 Å². The number of nitrogens with one attached hydrogen (secondary N) is 1. The molecule has 2 fully saturated rings. The molecule has 0 radical (unpaired) electrons. The van der Waals surface area contributed by atoms with E-state index in [1.54, 1.807) is 13.8 Å². The van der Waals surface area contributed by atoms with Crippen LogP contribution >= 0.6 is 0 Å². The number of amides is 5. The van der Waals surface area contributed by atoms with Crippen molar-refractivity contribution in [2.24, 2.45) is 5.41 Å². The number of imide groups is 2. The Balaban J connectivity index is 2.29. The Hall–Kier alpha value is -1.92. The van der Waals surface area contributed by atoms with Crippen LogP contribution in [0.3, 0.4) is 0 Å². The fourth-order valence-corrected chi connectivity index (χ4v) is 1.77. The number of carbonyl (C=O) groups excluding carboxylic acids is 4. The molecule has 1 N–H and O–H groups in total. The zero-order valence-electron chi connectivity index (χ0n) is 8.94. The zero-order valence-corrected chi connectivity index (χ0v) is 8.94. The van der Waals surface area contributed by atoms with E-state index in [-0.39, 0.29) is 13.0 Å². The second kappa shape index (κ2) is 3.03. The Morgan fingerprint density at radius 3 is 2.19 bits per heavy atom. The lowest BCUT2D eigenvalue weighted by molar-refractivity contribution is -0.154. The number of urea groups is 1. The van der Waals surface area contributed by atoms with E-state index in [2.05, 4.69) is 0 Å². The highest BCUT2D eigenvalue weighted by atomic mass is 16.2. The maximum absolute atomic E-state index is 11.8. The average Bonchev–Trinajstić information content (AvgIpc) is 2.53. The summed E-state index contributed by atoms with van der Waals surface area (Å²) in [4.78, 5) is 45.8. The predicted octanol–water partition coefficient (Wildman–Crippen LogP) is -0.762. The van der Waals surface area contributed by atoms with Crippen molar-refractivity contribution in [2.45, 2.75) is 20.3 Å². The molecule has 16 heavy (non-hydrogen) atoms. The van der Waals surface area contributed by atoms with Gasteiger partial charge in [0.2, 0.25) is 11.8 Å². The topological polar surface area (TPSA) is 86.8 Å². The SMILES string of the molecule is CC1(C)CC(=O)N(N2CC(=O)NC2=O)C1=O. The van der Waals surface area contributed by atoms with E-state index < -0.39 is 29.2 Å². The van der Waals surface area contributed by atoms with Gasteiger partial charge in [0.15, 0.2) is 0 Å². The van der Waals surface area contributed by atoms with Crippen LogP contribution in [0.4, 0.5) is 4.79 Å². The Bertz CT molecular complexity index is 415. The quantitative estimate of drug-likeness (QED) is 0.469. The Kier molecular flexibility index (Phi) is 2.01. The van der Waals surface area contributed by atoms with E-state index in [4.69, 9.17) is 0 Å². The lowest BCUT2D eigenvalue weighted by atomic mass is 9.92. The summed E-state index contributed by atoms with van der Waals surface area (Å²) in [6.07, 6.45) is 0.0454. The molecule has 7 nitrogen and oxygen atoms in total. The van der Waals surface area contributed by atoms with Gasteiger partial charge in [0.1, 0.15) is 6.54 Å². The van der Waals surface area contributed by atoms with Crippen LogP contribution in [0, 0.1) is 5.41 Å². The first kappa shape index (κ1) is 10.6. The Morgan fingerprint density at radius 1 is 1.19 bits per heavy atom. The molecule has 2 aliphatic rings. The molecule has 0 unspecified atom stereocenters. The lowest BCUT2D eigenvalue weighted by Crippen LogP contribution is -2.49. The summed E-state index contributed by atoms with van der Waals surface area (Å²) in [5, 5.41) is 3.63. The van der Waals surface area contributed by atoms with E-state index in [1.165, 1.54) is 0 Å². The van der Waals surface area contributed by atoms with Crippen molar-refractivity contribution in [1.29, 1.82) is 0 Å². The fraction of sp³-hybridized carbons (Fsp3) is 0.556. The zero-order chi connectivity index (χ0) is 12.1. The molecule has 86 valence electrons. The molecule has 0 bridgehead atoms. The summed E-state index contributed by atoms with van der Waals surface area (Å²) in [6.45, 7) is 2.97.